The molecular formula is C19H26N2O3. The predicted octanol–water partition coefficient (Wildman–Crippen LogP) is 1.88. The highest BCUT2D eigenvalue weighted by atomic mass is 16.2. The van der Waals surface area contributed by atoms with E-state index in [4.69, 9.17) is 0 Å². The minimum Gasteiger partial charge on any atom is -0.353 e. The molecule has 3 fully saturated rings. The van der Waals surface area contributed by atoms with Crippen molar-refractivity contribution in [2.75, 3.05) is 6.54 Å². The van der Waals surface area contributed by atoms with E-state index in [1.54, 1.807) is 0 Å². The van der Waals surface area contributed by atoms with Crippen LogP contribution in [-0.4, -0.2) is 35.2 Å². The first kappa shape index (κ1) is 15.9. The number of rotatable bonds is 4. The van der Waals surface area contributed by atoms with Crippen LogP contribution in [0.3, 0.4) is 0 Å². The van der Waals surface area contributed by atoms with Crippen LogP contribution in [0.2, 0.25) is 0 Å². The fraction of sp³-hybridized carbons (Fsp3) is 0.737. The number of nitrogens with zero attached hydrogens (tertiary/aromatic N) is 1. The molecular weight excluding hydrogens is 304 g/mol. The molecule has 3 amide bonds. The highest BCUT2D eigenvalue weighted by Gasteiger charge is 2.59. The van der Waals surface area contributed by atoms with Gasteiger partial charge in [-0.25, -0.2) is 0 Å². The van der Waals surface area contributed by atoms with Gasteiger partial charge in [-0.2, -0.15) is 0 Å². The van der Waals surface area contributed by atoms with Gasteiger partial charge in [0.1, 0.15) is 0 Å². The fourth-order valence-electron chi connectivity index (χ4n) is 5.10. The number of likely N-dealkylation sites (tertiary alicyclic amines) is 1. The molecule has 0 unspecified atom stereocenters. The molecule has 1 N–H and O–H groups in total. The van der Waals surface area contributed by atoms with Crippen molar-refractivity contribution in [2.45, 2.75) is 51.5 Å². The Morgan fingerprint density at radius 1 is 1.08 bits per heavy atom. The van der Waals surface area contributed by atoms with E-state index < -0.39 is 0 Å². The molecule has 3 aliphatic carbocycles. The Balaban J connectivity index is 1.30. The van der Waals surface area contributed by atoms with Crippen molar-refractivity contribution in [3.63, 3.8) is 0 Å². The number of amides is 3. The number of hydrogen-bond donors (Lipinski definition) is 1. The third-order valence-corrected chi connectivity index (χ3v) is 6.51. The summed E-state index contributed by atoms with van der Waals surface area (Å²) < 4.78 is 0. The Morgan fingerprint density at radius 2 is 1.67 bits per heavy atom. The lowest BCUT2D eigenvalue weighted by atomic mass is 9.85. The van der Waals surface area contributed by atoms with Crippen LogP contribution in [0, 0.1) is 29.6 Å². The van der Waals surface area contributed by atoms with Crippen LogP contribution in [0.5, 0.6) is 0 Å². The van der Waals surface area contributed by atoms with Crippen molar-refractivity contribution in [1.82, 2.24) is 10.2 Å². The Morgan fingerprint density at radius 3 is 2.25 bits per heavy atom. The largest absolute Gasteiger partial charge is 0.353 e. The lowest BCUT2D eigenvalue weighted by Gasteiger charge is -2.27. The van der Waals surface area contributed by atoms with Crippen molar-refractivity contribution < 1.29 is 14.4 Å². The van der Waals surface area contributed by atoms with Gasteiger partial charge in [0, 0.05) is 19.0 Å². The van der Waals surface area contributed by atoms with Crippen LogP contribution < -0.4 is 5.32 Å². The predicted molar refractivity (Wildman–Crippen MR) is 88.6 cm³/mol. The van der Waals surface area contributed by atoms with Crippen molar-refractivity contribution >= 4 is 17.7 Å². The summed E-state index contributed by atoms with van der Waals surface area (Å²) in [6.45, 7) is 2.49. The van der Waals surface area contributed by atoms with Gasteiger partial charge in [-0.05, 0) is 49.9 Å². The second-order valence-electron chi connectivity index (χ2n) is 8.10. The third-order valence-electron chi connectivity index (χ3n) is 6.51. The minimum absolute atomic E-state index is 0.0340. The van der Waals surface area contributed by atoms with Crippen LogP contribution >= 0.6 is 0 Å². The maximum Gasteiger partial charge on any atom is 0.233 e. The monoisotopic (exact) mass is 330 g/mol. The normalized spacial score (nSPS) is 40.3. The smallest absolute Gasteiger partial charge is 0.233 e. The first-order valence-corrected chi connectivity index (χ1v) is 9.37. The van der Waals surface area contributed by atoms with Crippen molar-refractivity contribution in [2.24, 2.45) is 29.6 Å². The minimum atomic E-state index is -0.157. The van der Waals surface area contributed by atoms with E-state index in [9.17, 15) is 14.4 Å². The summed E-state index contributed by atoms with van der Waals surface area (Å²) in [4.78, 5) is 38.7. The average Bonchev–Trinajstić information content (AvgIpc) is 3.23. The van der Waals surface area contributed by atoms with E-state index in [1.807, 2.05) is 0 Å². The molecule has 4 atom stereocenters. The van der Waals surface area contributed by atoms with Crippen LogP contribution in [-0.2, 0) is 14.4 Å². The Bertz CT molecular complexity index is 561. The van der Waals surface area contributed by atoms with Crippen LogP contribution in [0.4, 0.5) is 0 Å². The molecule has 4 rings (SSSR count). The average molecular weight is 330 g/mol. The summed E-state index contributed by atoms with van der Waals surface area (Å²) in [5.74, 6) is 0.766. The maximum absolute atomic E-state index is 12.6. The zero-order chi connectivity index (χ0) is 16.8. The van der Waals surface area contributed by atoms with E-state index >= 15 is 0 Å². The van der Waals surface area contributed by atoms with Crippen LogP contribution in [0.15, 0.2) is 12.2 Å². The highest BCUT2D eigenvalue weighted by molar-refractivity contribution is 6.06. The number of nitrogens with one attached hydrogen (secondary N) is 1. The molecule has 1 saturated heterocycles. The van der Waals surface area contributed by atoms with Gasteiger partial charge in [0.15, 0.2) is 0 Å². The van der Waals surface area contributed by atoms with Crippen molar-refractivity contribution in [3.8, 4) is 0 Å². The molecule has 130 valence electrons. The van der Waals surface area contributed by atoms with E-state index in [0.717, 1.165) is 38.0 Å². The van der Waals surface area contributed by atoms with Gasteiger partial charge in [0.25, 0.3) is 0 Å². The molecule has 0 aromatic carbocycles. The molecule has 0 radical (unpaired) electrons. The third kappa shape index (κ3) is 2.58. The van der Waals surface area contributed by atoms with Crippen LogP contribution in [0.25, 0.3) is 0 Å². The molecule has 0 spiro atoms. The standard InChI is InChI=1S/C19H26N2O3/c1-11-2-6-14(7-3-11)20-15(22)8-9-21-18(23)16-12-4-5-13(10-12)17(16)19(21)24/h4-5,11-14,16-17H,2-3,6-10H2,1H3,(H,20,22)/t11?,12-,13-,14?,16-,17+/m1/s1. The summed E-state index contributed by atoms with van der Waals surface area (Å²) in [6.07, 6.45) is 9.75. The van der Waals surface area contributed by atoms with Crippen molar-refractivity contribution in [3.05, 3.63) is 12.2 Å². The van der Waals surface area contributed by atoms with Gasteiger partial charge in [0.2, 0.25) is 17.7 Å². The van der Waals surface area contributed by atoms with Gasteiger partial charge in [0.05, 0.1) is 11.8 Å². The number of allylic oxidation sites excluding steroid dienone is 2. The van der Waals surface area contributed by atoms with Gasteiger partial charge in [-0.1, -0.05) is 19.1 Å². The zero-order valence-corrected chi connectivity index (χ0v) is 14.2. The molecule has 2 saturated carbocycles. The number of carbonyl (C=O) groups is 3. The Hall–Kier alpha value is -1.65. The molecule has 1 heterocycles. The van der Waals surface area contributed by atoms with Gasteiger partial charge < -0.3 is 5.32 Å². The lowest BCUT2D eigenvalue weighted by molar-refractivity contribution is -0.141. The van der Waals surface area contributed by atoms with E-state index in [0.29, 0.717) is 0 Å². The van der Waals surface area contributed by atoms with Crippen molar-refractivity contribution in [1.29, 1.82) is 0 Å². The number of hydrogen-bond acceptors (Lipinski definition) is 3. The summed E-state index contributed by atoms with van der Waals surface area (Å²) in [6, 6.07) is 0.262. The Kier molecular flexibility index (Phi) is 3.97. The first-order valence-electron chi connectivity index (χ1n) is 9.37. The number of fused-ring (bicyclic) bond motifs is 5. The van der Waals surface area contributed by atoms with Gasteiger partial charge in [-0.15, -0.1) is 0 Å². The quantitative estimate of drug-likeness (QED) is 0.632. The van der Waals surface area contributed by atoms with E-state index in [-0.39, 0.29) is 60.4 Å². The zero-order valence-electron chi connectivity index (χ0n) is 14.2. The number of carbonyl (C=O) groups excluding carboxylic acids is 3. The summed E-state index contributed by atoms with van der Waals surface area (Å²) >= 11 is 0. The Labute approximate surface area is 142 Å². The second-order valence-corrected chi connectivity index (χ2v) is 8.10. The topological polar surface area (TPSA) is 66.5 Å². The molecule has 2 bridgehead atoms. The van der Waals surface area contributed by atoms with E-state index in [1.165, 1.54) is 4.90 Å². The molecule has 5 heteroatoms. The number of imide groups is 1. The molecule has 0 aromatic rings. The molecule has 1 aliphatic heterocycles. The molecule has 24 heavy (non-hydrogen) atoms. The summed E-state index contributed by atoms with van der Waals surface area (Å²) in [5, 5.41) is 3.07. The van der Waals surface area contributed by atoms with Crippen LogP contribution in [0.1, 0.15) is 45.4 Å². The summed E-state index contributed by atoms with van der Waals surface area (Å²) in [7, 11) is 0. The maximum atomic E-state index is 12.6. The lowest BCUT2D eigenvalue weighted by Crippen LogP contribution is -2.40. The highest BCUT2D eigenvalue weighted by Crippen LogP contribution is 2.52. The SMILES string of the molecule is CC1CCC(NC(=O)CCN2C(=O)[C@@H]3[C@H](C2=O)[C@@H]2C=C[C@@H]3C2)CC1. The molecule has 4 aliphatic rings. The van der Waals surface area contributed by atoms with E-state index in [2.05, 4.69) is 24.4 Å². The molecule has 5 nitrogen and oxygen atoms in total. The second kappa shape index (κ2) is 6.01. The van der Waals surface area contributed by atoms with Gasteiger partial charge in [-0.3, -0.25) is 19.3 Å². The molecule has 0 aromatic heterocycles. The fourth-order valence-corrected chi connectivity index (χ4v) is 5.10. The van der Waals surface area contributed by atoms with Gasteiger partial charge >= 0.3 is 0 Å². The first-order chi connectivity index (χ1) is 11.5. The summed E-state index contributed by atoms with van der Waals surface area (Å²) in [5.41, 5.74) is 0.